The molecule has 1 aliphatic heterocycles. The highest BCUT2D eigenvalue weighted by Gasteiger charge is 2.42. The molecule has 0 amide bonds. The molecule has 1 saturated heterocycles. The van der Waals surface area contributed by atoms with Crippen LogP contribution in [0.3, 0.4) is 0 Å². The predicted octanol–water partition coefficient (Wildman–Crippen LogP) is 5.47. The van der Waals surface area contributed by atoms with Gasteiger partial charge in [-0.25, -0.2) is 9.50 Å². The van der Waals surface area contributed by atoms with E-state index in [-0.39, 0.29) is 5.41 Å². The van der Waals surface area contributed by atoms with E-state index in [2.05, 4.69) is 70.1 Å². The lowest BCUT2D eigenvalue weighted by atomic mass is 9.94. The first-order valence-electron chi connectivity index (χ1n) is 13.5. The molecule has 0 radical (unpaired) electrons. The summed E-state index contributed by atoms with van der Waals surface area (Å²) in [5.74, 6) is 2.30. The molecule has 8 nitrogen and oxygen atoms in total. The standard InChI is InChI=1S/C31H35N7O/c1-21(23-6-4-7-25(16-23)31(20-32)13-14-31)33-26-8-5-9-27(17-26)39-30-11-10-29-35-28(19-38(29)36-30)34-22(2)24-12-15-37(3)18-24/h4-11,16-17,19,24,33-34H,1-2,12-15,18,20,32H2,3H3. The van der Waals surface area contributed by atoms with Gasteiger partial charge in [0, 0.05) is 53.6 Å². The molecule has 6 rings (SSSR count). The van der Waals surface area contributed by atoms with Crippen LogP contribution in [0.1, 0.15) is 30.4 Å². The van der Waals surface area contributed by atoms with Crippen LogP contribution in [0.4, 0.5) is 11.5 Å². The highest BCUT2D eigenvalue weighted by Crippen LogP contribution is 2.47. The van der Waals surface area contributed by atoms with Gasteiger partial charge in [-0.2, -0.15) is 0 Å². The zero-order valence-corrected chi connectivity index (χ0v) is 22.4. The second-order valence-corrected chi connectivity index (χ2v) is 10.8. The zero-order chi connectivity index (χ0) is 27.0. The first-order chi connectivity index (χ1) is 18.9. The number of nitrogens with two attached hydrogens (primary N) is 1. The Labute approximate surface area is 229 Å². The van der Waals surface area contributed by atoms with Crippen LogP contribution in [0, 0.1) is 5.92 Å². The van der Waals surface area contributed by atoms with E-state index in [0.29, 0.717) is 24.1 Å². The molecule has 1 atom stereocenters. The summed E-state index contributed by atoms with van der Waals surface area (Å²) >= 11 is 0. The van der Waals surface area contributed by atoms with Crippen molar-refractivity contribution in [1.29, 1.82) is 0 Å². The van der Waals surface area contributed by atoms with Gasteiger partial charge < -0.3 is 26.0 Å². The number of hydrogen-bond donors (Lipinski definition) is 3. The van der Waals surface area contributed by atoms with Crippen molar-refractivity contribution in [3.05, 3.63) is 96.8 Å². The van der Waals surface area contributed by atoms with E-state index >= 15 is 0 Å². The van der Waals surface area contributed by atoms with Crippen LogP contribution in [0.2, 0.25) is 0 Å². The summed E-state index contributed by atoms with van der Waals surface area (Å²) in [7, 11) is 2.14. The number of anilines is 2. The average Bonchev–Trinajstić information content (AvgIpc) is 3.46. The molecule has 2 fully saturated rings. The number of nitrogens with one attached hydrogen (secondary N) is 2. The Hall–Kier alpha value is -4.14. The Morgan fingerprint density at radius 1 is 1.10 bits per heavy atom. The summed E-state index contributed by atoms with van der Waals surface area (Å²) in [5, 5.41) is 11.4. The SMILES string of the molecule is C=C(Nc1cccc(Oc2ccc3nc(NC(=C)C4CCN(C)C4)cn3n2)c1)c1cccc(C2(CN)CC2)c1. The van der Waals surface area contributed by atoms with Crippen molar-refractivity contribution < 1.29 is 4.74 Å². The normalized spacial score (nSPS) is 18.2. The van der Waals surface area contributed by atoms with Crippen molar-refractivity contribution in [2.75, 3.05) is 37.3 Å². The smallest absolute Gasteiger partial charge is 0.237 e. The number of benzene rings is 2. The van der Waals surface area contributed by atoms with E-state index in [4.69, 9.17) is 10.5 Å². The number of hydrogen-bond acceptors (Lipinski definition) is 7. The minimum Gasteiger partial charge on any atom is -0.438 e. The number of imidazole rings is 1. The molecule has 2 aliphatic rings. The van der Waals surface area contributed by atoms with Gasteiger partial charge in [-0.1, -0.05) is 37.4 Å². The van der Waals surface area contributed by atoms with Gasteiger partial charge in [0.15, 0.2) is 11.5 Å². The van der Waals surface area contributed by atoms with Crippen LogP contribution < -0.4 is 21.1 Å². The molecule has 2 aromatic heterocycles. The quantitative estimate of drug-likeness (QED) is 0.255. The molecule has 39 heavy (non-hydrogen) atoms. The van der Waals surface area contributed by atoms with Gasteiger partial charge in [-0.05, 0) is 68.2 Å². The van der Waals surface area contributed by atoms with Crippen molar-refractivity contribution in [2.45, 2.75) is 24.7 Å². The minimum absolute atomic E-state index is 0.144. The van der Waals surface area contributed by atoms with Crippen LogP contribution in [-0.2, 0) is 5.41 Å². The van der Waals surface area contributed by atoms with Gasteiger partial charge in [0.25, 0.3) is 0 Å². The lowest BCUT2D eigenvalue weighted by Gasteiger charge is -2.16. The molecule has 1 aliphatic carbocycles. The van der Waals surface area contributed by atoms with Gasteiger partial charge in [-0.3, -0.25) is 0 Å². The Kier molecular flexibility index (Phi) is 6.58. The molecule has 0 spiro atoms. The number of fused-ring (bicyclic) bond motifs is 1. The van der Waals surface area contributed by atoms with E-state index < -0.39 is 0 Å². The molecular weight excluding hydrogens is 486 g/mol. The second-order valence-electron chi connectivity index (χ2n) is 10.8. The number of nitrogens with zero attached hydrogens (tertiary/aromatic N) is 4. The Bertz CT molecular complexity index is 1540. The average molecular weight is 522 g/mol. The van der Waals surface area contributed by atoms with Gasteiger partial charge in [0.2, 0.25) is 5.88 Å². The zero-order valence-electron chi connectivity index (χ0n) is 22.4. The molecule has 200 valence electrons. The topological polar surface area (TPSA) is 92.7 Å². The Balaban J connectivity index is 1.12. The van der Waals surface area contributed by atoms with Crippen LogP contribution >= 0.6 is 0 Å². The third-order valence-electron chi connectivity index (χ3n) is 7.89. The number of rotatable bonds is 10. The molecule has 1 unspecified atom stereocenters. The number of ether oxygens (including phenoxy) is 1. The molecule has 2 aromatic carbocycles. The Morgan fingerprint density at radius 3 is 2.72 bits per heavy atom. The summed E-state index contributed by atoms with van der Waals surface area (Å²) in [4.78, 5) is 6.95. The first-order valence-corrected chi connectivity index (χ1v) is 13.5. The largest absolute Gasteiger partial charge is 0.438 e. The van der Waals surface area contributed by atoms with Gasteiger partial charge in [0.05, 0.1) is 6.20 Å². The van der Waals surface area contributed by atoms with E-state index in [1.54, 1.807) is 4.52 Å². The monoisotopic (exact) mass is 521 g/mol. The fourth-order valence-electron chi connectivity index (χ4n) is 5.27. The summed E-state index contributed by atoms with van der Waals surface area (Å²) in [6.45, 7) is 11.3. The van der Waals surface area contributed by atoms with E-state index in [1.165, 1.54) is 5.56 Å². The van der Waals surface area contributed by atoms with Crippen LogP contribution in [0.5, 0.6) is 11.6 Å². The number of aromatic nitrogens is 3. The fraction of sp³-hybridized carbons (Fsp3) is 0.290. The van der Waals surface area contributed by atoms with Gasteiger partial charge >= 0.3 is 0 Å². The summed E-state index contributed by atoms with van der Waals surface area (Å²) in [5.41, 5.74) is 12.0. The number of likely N-dealkylation sites (tertiary alicyclic amines) is 1. The van der Waals surface area contributed by atoms with Crippen LogP contribution in [-0.4, -0.2) is 46.2 Å². The van der Waals surface area contributed by atoms with Crippen molar-refractivity contribution in [3.8, 4) is 11.6 Å². The van der Waals surface area contributed by atoms with Crippen LogP contribution in [0.25, 0.3) is 11.3 Å². The lowest BCUT2D eigenvalue weighted by molar-refractivity contribution is 0.405. The first kappa shape index (κ1) is 25.2. The molecule has 8 heteroatoms. The maximum Gasteiger partial charge on any atom is 0.237 e. The van der Waals surface area contributed by atoms with E-state index in [1.807, 2.05) is 42.6 Å². The summed E-state index contributed by atoms with van der Waals surface area (Å²) in [6.07, 6.45) is 5.26. The minimum atomic E-state index is 0.144. The molecule has 3 heterocycles. The fourth-order valence-corrected chi connectivity index (χ4v) is 5.27. The molecule has 1 saturated carbocycles. The van der Waals surface area contributed by atoms with Crippen molar-refractivity contribution in [3.63, 3.8) is 0 Å². The molecule has 4 N–H and O–H groups in total. The van der Waals surface area contributed by atoms with Crippen LogP contribution in [0.15, 0.2) is 85.7 Å². The van der Waals surface area contributed by atoms with Gasteiger partial charge in [-0.15, -0.1) is 5.10 Å². The summed E-state index contributed by atoms with van der Waals surface area (Å²) in [6, 6.07) is 20.0. The lowest BCUT2D eigenvalue weighted by Crippen LogP contribution is -2.19. The predicted molar refractivity (Wildman–Crippen MR) is 157 cm³/mol. The van der Waals surface area contributed by atoms with E-state index in [9.17, 15) is 0 Å². The molecule has 0 bridgehead atoms. The van der Waals surface area contributed by atoms with Gasteiger partial charge in [0.1, 0.15) is 5.75 Å². The third kappa shape index (κ3) is 5.39. The third-order valence-corrected chi connectivity index (χ3v) is 7.89. The maximum absolute atomic E-state index is 6.10. The maximum atomic E-state index is 6.10. The Morgan fingerprint density at radius 2 is 1.95 bits per heavy atom. The summed E-state index contributed by atoms with van der Waals surface area (Å²) < 4.78 is 7.82. The van der Waals surface area contributed by atoms with Crippen molar-refractivity contribution in [2.24, 2.45) is 11.7 Å². The van der Waals surface area contributed by atoms with E-state index in [0.717, 1.165) is 66.5 Å². The molecule has 4 aromatic rings. The highest BCUT2D eigenvalue weighted by atomic mass is 16.5. The molecular formula is C31H35N7O. The second kappa shape index (κ2) is 10.2. The van der Waals surface area contributed by atoms with Crippen molar-refractivity contribution in [1.82, 2.24) is 19.5 Å². The highest BCUT2D eigenvalue weighted by molar-refractivity contribution is 5.76. The van der Waals surface area contributed by atoms with Crippen molar-refractivity contribution >= 4 is 22.8 Å².